The van der Waals surface area contributed by atoms with Gasteiger partial charge in [0, 0.05) is 41.7 Å². The predicted molar refractivity (Wildman–Crippen MR) is 89.0 cm³/mol. The van der Waals surface area contributed by atoms with Crippen LogP contribution in [0.3, 0.4) is 0 Å². The normalized spacial score (nSPS) is 17.2. The Bertz CT molecular complexity index is 861. The van der Waals surface area contributed by atoms with Gasteiger partial charge in [-0.1, -0.05) is 18.2 Å². The second kappa shape index (κ2) is 5.57. The summed E-state index contributed by atoms with van der Waals surface area (Å²) in [5, 5.41) is 4.26. The van der Waals surface area contributed by atoms with Gasteiger partial charge in [0.15, 0.2) is 0 Å². The minimum atomic E-state index is 0.0348. The molecule has 0 spiro atoms. The van der Waals surface area contributed by atoms with Crippen LogP contribution in [-0.2, 0) is 24.2 Å². The van der Waals surface area contributed by atoms with E-state index in [1.165, 1.54) is 5.39 Å². The smallest absolute Gasteiger partial charge is 0.223 e. The third kappa shape index (κ3) is 2.63. The minimum Gasteiger partial charge on any atom is -0.361 e. The molecule has 1 aliphatic rings. The molecular formula is C18H20N4O. The lowest BCUT2D eigenvalue weighted by molar-refractivity contribution is -0.125. The fourth-order valence-electron chi connectivity index (χ4n) is 3.45. The Morgan fingerprint density at radius 3 is 3.17 bits per heavy atom. The first-order valence-electron chi connectivity index (χ1n) is 8.08. The summed E-state index contributed by atoms with van der Waals surface area (Å²) < 4.78 is 0. The fraction of sp³-hybridized carbons (Fsp3) is 0.333. The van der Waals surface area contributed by atoms with E-state index in [1.807, 2.05) is 31.3 Å². The highest BCUT2D eigenvalue weighted by atomic mass is 16.1. The predicted octanol–water partition coefficient (Wildman–Crippen LogP) is 2.62. The summed E-state index contributed by atoms with van der Waals surface area (Å²) in [6.45, 7) is 2.53. The number of nitrogens with zero attached hydrogens (tertiary/aromatic N) is 1. The maximum atomic E-state index is 12.5. The van der Waals surface area contributed by atoms with E-state index in [4.69, 9.17) is 0 Å². The molecular weight excluding hydrogens is 288 g/mol. The third-order valence-electron chi connectivity index (χ3n) is 4.66. The van der Waals surface area contributed by atoms with Crippen molar-refractivity contribution in [3.8, 4) is 0 Å². The van der Waals surface area contributed by atoms with Gasteiger partial charge in [-0.15, -0.1) is 0 Å². The Labute approximate surface area is 134 Å². The topological polar surface area (TPSA) is 73.6 Å². The number of para-hydroxylation sites is 1. The van der Waals surface area contributed by atoms with Crippen molar-refractivity contribution in [2.45, 2.75) is 32.7 Å². The molecule has 0 fully saturated rings. The van der Waals surface area contributed by atoms with Crippen molar-refractivity contribution >= 4 is 16.8 Å². The molecule has 1 aromatic carbocycles. The van der Waals surface area contributed by atoms with Gasteiger partial charge < -0.3 is 15.3 Å². The second-order valence-corrected chi connectivity index (χ2v) is 6.26. The van der Waals surface area contributed by atoms with Gasteiger partial charge in [-0.05, 0) is 31.4 Å². The number of carbonyl (C=O) groups excluding carboxylic acids is 1. The van der Waals surface area contributed by atoms with Crippen molar-refractivity contribution < 1.29 is 4.79 Å². The van der Waals surface area contributed by atoms with Crippen LogP contribution in [-0.4, -0.2) is 20.9 Å². The number of fused-ring (bicyclic) bond motifs is 2. The maximum absolute atomic E-state index is 12.5. The van der Waals surface area contributed by atoms with E-state index in [1.54, 1.807) is 0 Å². The highest BCUT2D eigenvalue weighted by Gasteiger charge is 2.26. The average molecular weight is 308 g/mol. The van der Waals surface area contributed by atoms with Crippen LogP contribution >= 0.6 is 0 Å². The first-order chi connectivity index (χ1) is 11.2. The van der Waals surface area contributed by atoms with E-state index in [-0.39, 0.29) is 11.8 Å². The first kappa shape index (κ1) is 14.1. The molecule has 0 bridgehead atoms. The molecule has 2 aromatic heterocycles. The number of hydrogen-bond acceptors (Lipinski definition) is 2. The molecule has 1 atom stereocenters. The highest BCUT2D eigenvalue weighted by molar-refractivity contribution is 5.84. The number of aryl methyl sites for hydroxylation is 2. The zero-order valence-electron chi connectivity index (χ0n) is 13.1. The number of nitrogens with one attached hydrogen (secondary N) is 3. The molecule has 0 aliphatic heterocycles. The Hall–Kier alpha value is -2.56. The summed E-state index contributed by atoms with van der Waals surface area (Å²) in [7, 11) is 0. The average Bonchev–Trinajstić information content (AvgIpc) is 3.14. The van der Waals surface area contributed by atoms with Crippen LogP contribution in [0.25, 0.3) is 10.9 Å². The van der Waals surface area contributed by atoms with Crippen molar-refractivity contribution in [3.63, 3.8) is 0 Å². The van der Waals surface area contributed by atoms with E-state index in [0.717, 1.165) is 47.6 Å². The zero-order chi connectivity index (χ0) is 15.8. The maximum Gasteiger partial charge on any atom is 0.223 e. The van der Waals surface area contributed by atoms with Gasteiger partial charge in [0.2, 0.25) is 5.91 Å². The van der Waals surface area contributed by atoms with Crippen LogP contribution in [0.15, 0.2) is 30.5 Å². The highest BCUT2D eigenvalue weighted by Crippen LogP contribution is 2.24. The number of imidazole rings is 1. The van der Waals surface area contributed by atoms with Crippen LogP contribution in [0.1, 0.15) is 29.2 Å². The van der Waals surface area contributed by atoms with Gasteiger partial charge in [0.25, 0.3) is 0 Å². The van der Waals surface area contributed by atoms with Crippen molar-refractivity contribution in [3.05, 3.63) is 53.2 Å². The standard InChI is InChI=1S/C18H20N4O/c1-11-21-16-7-6-12(8-17(16)22-11)18(23)20-10-13-9-19-15-5-3-2-4-14(13)15/h2-5,9,12,19H,6-8,10H2,1H3,(H,20,23)(H,21,22)/t12-/m1/s1. The fourth-order valence-corrected chi connectivity index (χ4v) is 3.45. The summed E-state index contributed by atoms with van der Waals surface area (Å²) in [6.07, 6.45) is 4.49. The van der Waals surface area contributed by atoms with Gasteiger partial charge in [-0.3, -0.25) is 4.79 Å². The third-order valence-corrected chi connectivity index (χ3v) is 4.66. The van der Waals surface area contributed by atoms with E-state index in [9.17, 15) is 4.79 Å². The summed E-state index contributed by atoms with van der Waals surface area (Å²) in [5.41, 5.74) is 4.49. The molecule has 1 aliphatic carbocycles. The molecule has 5 nitrogen and oxygen atoms in total. The summed E-state index contributed by atoms with van der Waals surface area (Å²) in [5.74, 6) is 1.11. The second-order valence-electron chi connectivity index (χ2n) is 6.26. The van der Waals surface area contributed by atoms with E-state index in [2.05, 4.69) is 26.3 Å². The van der Waals surface area contributed by atoms with Crippen molar-refractivity contribution in [1.29, 1.82) is 0 Å². The molecule has 2 heterocycles. The van der Waals surface area contributed by atoms with Crippen LogP contribution in [0.5, 0.6) is 0 Å². The Balaban J connectivity index is 1.43. The molecule has 0 unspecified atom stereocenters. The van der Waals surface area contributed by atoms with Gasteiger partial charge in [-0.2, -0.15) is 0 Å². The number of benzene rings is 1. The van der Waals surface area contributed by atoms with Gasteiger partial charge >= 0.3 is 0 Å². The number of carbonyl (C=O) groups is 1. The molecule has 23 heavy (non-hydrogen) atoms. The molecule has 0 saturated carbocycles. The zero-order valence-corrected chi connectivity index (χ0v) is 13.1. The van der Waals surface area contributed by atoms with Gasteiger partial charge in [0.05, 0.1) is 5.69 Å². The number of rotatable bonds is 3. The molecule has 0 radical (unpaired) electrons. The largest absolute Gasteiger partial charge is 0.361 e. The van der Waals surface area contributed by atoms with Crippen molar-refractivity contribution in [2.75, 3.05) is 0 Å². The van der Waals surface area contributed by atoms with Crippen molar-refractivity contribution in [2.24, 2.45) is 5.92 Å². The number of aromatic amines is 2. The molecule has 5 heteroatoms. The Morgan fingerprint density at radius 2 is 2.26 bits per heavy atom. The number of aromatic nitrogens is 3. The first-order valence-corrected chi connectivity index (χ1v) is 8.08. The van der Waals surface area contributed by atoms with Crippen LogP contribution in [0.2, 0.25) is 0 Å². The molecule has 3 aromatic rings. The number of hydrogen-bond donors (Lipinski definition) is 3. The number of H-pyrrole nitrogens is 2. The molecule has 0 saturated heterocycles. The quantitative estimate of drug-likeness (QED) is 0.696. The van der Waals surface area contributed by atoms with Gasteiger partial charge in [-0.25, -0.2) is 4.98 Å². The lowest BCUT2D eigenvalue weighted by atomic mass is 9.89. The molecule has 4 rings (SSSR count). The van der Waals surface area contributed by atoms with E-state index in [0.29, 0.717) is 6.54 Å². The van der Waals surface area contributed by atoms with Crippen molar-refractivity contribution in [1.82, 2.24) is 20.3 Å². The monoisotopic (exact) mass is 308 g/mol. The minimum absolute atomic E-state index is 0.0348. The number of amides is 1. The SMILES string of the molecule is Cc1nc2c([nH]1)C[C@H](C(=O)NCc1c[nH]c3ccccc13)CC2. The van der Waals surface area contributed by atoms with Crippen LogP contribution in [0.4, 0.5) is 0 Å². The summed E-state index contributed by atoms with van der Waals surface area (Å²) in [4.78, 5) is 23.5. The summed E-state index contributed by atoms with van der Waals surface area (Å²) >= 11 is 0. The Morgan fingerprint density at radius 1 is 1.39 bits per heavy atom. The Kier molecular flexibility index (Phi) is 3.41. The van der Waals surface area contributed by atoms with E-state index >= 15 is 0 Å². The summed E-state index contributed by atoms with van der Waals surface area (Å²) in [6, 6.07) is 8.15. The lowest BCUT2D eigenvalue weighted by Gasteiger charge is -2.20. The van der Waals surface area contributed by atoms with Gasteiger partial charge in [0.1, 0.15) is 5.82 Å². The lowest BCUT2D eigenvalue weighted by Crippen LogP contribution is -2.33. The van der Waals surface area contributed by atoms with Crippen LogP contribution < -0.4 is 5.32 Å². The van der Waals surface area contributed by atoms with E-state index < -0.39 is 0 Å². The molecule has 118 valence electrons. The molecule has 1 amide bonds. The molecule has 3 N–H and O–H groups in total. The van der Waals surface area contributed by atoms with Crippen LogP contribution in [0, 0.1) is 12.8 Å².